The van der Waals surface area contributed by atoms with Gasteiger partial charge in [-0.25, -0.2) is 9.18 Å². The van der Waals surface area contributed by atoms with Crippen molar-refractivity contribution in [2.45, 2.75) is 6.42 Å². The number of rotatable bonds is 4. The molecule has 0 aromatic heterocycles. The number of urea groups is 1. The van der Waals surface area contributed by atoms with E-state index in [-0.39, 0.29) is 11.8 Å². The summed E-state index contributed by atoms with van der Waals surface area (Å²) < 4.78 is 24.2. The van der Waals surface area contributed by atoms with Gasteiger partial charge in [0.1, 0.15) is 19.0 Å². The SMILES string of the molecule is O=C(NCCc1cc(Cl)c2c(c1)OCCO2)N1CCN(c2ccc(F)cc2)CC1. The Morgan fingerprint density at radius 1 is 1.07 bits per heavy atom. The molecule has 2 aliphatic rings. The highest BCUT2D eigenvalue weighted by Crippen LogP contribution is 2.38. The molecule has 0 saturated carbocycles. The van der Waals surface area contributed by atoms with Gasteiger partial charge in [-0.3, -0.25) is 0 Å². The van der Waals surface area contributed by atoms with Gasteiger partial charge in [0, 0.05) is 38.4 Å². The standard InChI is InChI=1S/C21H23ClFN3O3/c22-18-13-15(14-19-20(18)29-12-11-28-19)5-6-24-21(27)26-9-7-25(8-10-26)17-3-1-16(23)2-4-17/h1-4,13-14H,5-12H2,(H,24,27). The molecule has 0 spiro atoms. The summed E-state index contributed by atoms with van der Waals surface area (Å²) in [5.41, 5.74) is 1.96. The first-order valence-electron chi connectivity index (χ1n) is 9.71. The molecule has 1 saturated heterocycles. The third-order valence-electron chi connectivity index (χ3n) is 5.11. The Balaban J connectivity index is 1.24. The minimum absolute atomic E-state index is 0.0765. The molecule has 29 heavy (non-hydrogen) atoms. The van der Waals surface area contributed by atoms with E-state index in [4.69, 9.17) is 21.1 Å². The Morgan fingerprint density at radius 3 is 2.55 bits per heavy atom. The fraction of sp³-hybridized carbons (Fsp3) is 0.381. The molecule has 0 unspecified atom stereocenters. The molecular weight excluding hydrogens is 397 g/mol. The second-order valence-corrected chi connectivity index (χ2v) is 7.44. The molecule has 1 N–H and O–H groups in total. The molecule has 0 bridgehead atoms. The van der Waals surface area contributed by atoms with Crippen molar-refractivity contribution in [3.8, 4) is 11.5 Å². The number of hydrogen-bond acceptors (Lipinski definition) is 4. The molecule has 4 rings (SSSR count). The number of carbonyl (C=O) groups is 1. The van der Waals surface area contributed by atoms with Crippen LogP contribution in [-0.4, -0.2) is 56.9 Å². The number of carbonyl (C=O) groups excluding carboxylic acids is 1. The van der Waals surface area contributed by atoms with Gasteiger partial charge in [-0.05, 0) is 48.4 Å². The van der Waals surface area contributed by atoms with E-state index in [1.54, 1.807) is 17.0 Å². The van der Waals surface area contributed by atoms with Crippen molar-refractivity contribution < 1.29 is 18.7 Å². The molecule has 2 aromatic carbocycles. The van der Waals surface area contributed by atoms with E-state index >= 15 is 0 Å². The van der Waals surface area contributed by atoms with Crippen molar-refractivity contribution in [2.24, 2.45) is 0 Å². The summed E-state index contributed by atoms with van der Waals surface area (Å²) in [6.45, 7) is 4.20. The van der Waals surface area contributed by atoms with Crippen LogP contribution in [0.3, 0.4) is 0 Å². The monoisotopic (exact) mass is 419 g/mol. The summed E-state index contributed by atoms with van der Waals surface area (Å²) in [6.07, 6.45) is 0.650. The van der Waals surface area contributed by atoms with Crippen molar-refractivity contribution in [3.05, 3.63) is 52.8 Å². The van der Waals surface area contributed by atoms with Gasteiger partial charge in [0.25, 0.3) is 0 Å². The molecule has 2 aromatic rings. The first kappa shape index (κ1) is 19.6. The fourth-order valence-corrected chi connectivity index (χ4v) is 3.84. The molecule has 2 aliphatic heterocycles. The van der Waals surface area contributed by atoms with Gasteiger partial charge in [-0.2, -0.15) is 0 Å². The lowest BCUT2D eigenvalue weighted by molar-refractivity contribution is 0.171. The molecule has 2 amide bonds. The highest BCUT2D eigenvalue weighted by Gasteiger charge is 2.21. The normalized spacial score (nSPS) is 15.9. The summed E-state index contributed by atoms with van der Waals surface area (Å²) in [5, 5.41) is 3.49. The van der Waals surface area contributed by atoms with Crippen LogP contribution < -0.4 is 19.7 Å². The lowest BCUT2D eigenvalue weighted by Crippen LogP contribution is -2.52. The van der Waals surface area contributed by atoms with E-state index in [2.05, 4.69) is 10.2 Å². The van der Waals surface area contributed by atoms with Crippen LogP contribution in [0, 0.1) is 5.82 Å². The van der Waals surface area contributed by atoms with E-state index in [9.17, 15) is 9.18 Å². The van der Waals surface area contributed by atoms with E-state index in [0.29, 0.717) is 55.8 Å². The third-order valence-corrected chi connectivity index (χ3v) is 5.39. The van der Waals surface area contributed by atoms with Gasteiger partial charge in [0.2, 0.25) is 0 Å². The fourth-order valence-electron chi connectivity index (χ4n) is 3.55. The molecule has 0 aliphatic carbocycles. The van der Waals surface area contributed by atoms with E-state index in [1.165, 1.54) is 12.1 Å². The van der Waals surface area contributed by atoms with Gasteiger partial charge in [0.15, 0.2) is 11.5 Å². The minimum Gasteiger partial charge on any atom is -0.486 e. The quantitative estimate of drug-likeness (QED) is 0.826. The number of anilines is 1. The van der Waals surface area contributed by atoms with Crippen molar-refractivity contribution in [1.29, 1.82) is 0 Å². The van der Waals surface area contributed by atoms with Gasteiger partial charge in [-0.1, -0.05) is 11.6 Å². The predicted molar refractivity (Wildman–Crippen MR) is 110 cm³/mol. The van der Waals surface area contributed by atoms with Crippen molar-refractivity contribution in [3.63, 3.8) is 0 Å². The number of ether oxygens (including phenoxy) is 2. The zero-order valence-corrected chi connectivity index (χ0v) is 16.8. The maximum atomic E-state index is 13.1. The molecular formula is C21H23ClFN3O3. The summed E-state index contributed by atoms with van der Waals surface area (Å²) in [7, 11) is 0. The maximum absolute atomic E-state index is 13.1. The van der Waals surface area contributed by atoms with Crippen molar-refractivity contribution >= 4 is 23.3 Å². The number of halogens is 2. The average Bonchev–Trinajstić information content (AvgIpc) is 2.74. The van der Waals surface area contributed by atoms with Crippen LogP contribution in [0.2, 0.25) is 5.02 Å². The first-order valence-corrected chi connectivity index (χ1v) is 10.1. The Kier molecular flexibility index (Phi) is 5.94. The number of piperazine rings is 1. The van der Waals surface area contributed by atoms with Crippen molar-refractivity contribution in [2.75, 3.05) is 50.8 Å². The molecule has 8 heteroatoms. The smallest absolute Gasteiger partial charge is 0.317 e. The van der Waals surface area contributed by atoms with Crippen LogP contribution in [0.25, 0.3) is 0 Å². The topological polar surface area (TPSA) is 54.0 Å². The molecule has 154 valence electrons. The molecule has 0 atom stereocenters. The van der Waals surface area contributed by atoms with Crippen LogP contribution in [0.1, 0.15) is 5.56 Å². The lowest BCUT2D eigenvalue weighted by atomic mass is 10.1. The van der Waals surface area contributed by atoms with E-state index in [1.807, 2.05) is 12.1 Å². The van der Waals surface area contributed by atoms with Crippen LogP contribution in [0.5, 0.6) is 11.5 Å². The number of benzene rings is 2. The maximum Gasteiger partial charge on any atom is 0.317 e. The average molecular weight is 420 g/mol. The largest absolute Gasteiger partial charge is 0.486 e. The van der Waals surface area contributed by atoms with E-state index < -0.39 is 0 Å². The van der Waals surface area contributed by atoms with Crippen LogP contribution in [0.15, 0.2) is 36.4 Å². The Hall–Kier alpha value is -2.67. The second kappa shape index (κ2) is 8.78. The van der Waals surface area contributed by atoms with E-state index in [0.717, 1.165) is 24.3 Å². The zero-order valence-electron chi connectivity index (χ0n) is 16.0. The Labute approximate surface area is 174 Å². The number of hydrogen-bond donors (Lipinski definition) is 1. The Morgan fingerprint density at radius 2 is 1.79 bits per heavy atom. The van der Waals surface area contributed by atoms with Gasteiger partial charge in [0.05, 0.1) is 5.02 Å². The molecule has 2 heterocycles. The summed E-state index contributed by atoms with van der Waals surface area (Å²) in [6, 6.07) is 10.1. The minimum atomic E-state index is -0.244. The number of amides is 2. The Bertz CT molecular complexity index is 870. The van der Waals surface area contributed by atoms with Crippen LogP contribution in [0.4, 0.5) is 14.9 Å². The number of nitrogens with zero attached hydrogens (tertiary/aromatic N) is 2. The summed E-state index contributed by atoms with van der Waals surface area (Å²) >= 11 is 6.26. The van der Waals surface area contributed by atoms with Crippen molar-refractivity contribution in [1.82, 2.24) is 10.2 Å². The van der Waals surface area contributed by atoms with Gasteiger partial charge >= 0.3 is 6.03 Å². The second-order valence-electron chi connectivity index (χ2n) is 7.03. The van der Waals surface area contributed by atoms with Gasteiger partial charge < -0.3 is 24.6 Å². The summed E-state index contributed by atoms with van der Waals surface area (Å²) in [4.78, 5) is 16.4. The first-order chi connectivity index (χ1) is 14.1. The highest BCUT2D eigenvalue weighted by atomic mass is 35.5. The lowest BCUT2D eigenvalue weighted by Gasteiger charge is -2.36. The zero-order chi connectivity index (χ0) is 20.2. The summed E-state index contributed by atoms with van der Waals surface area (Å²) in [5.74, 6) is 0.998. The van der Waals surface area contributed by atoms with Crippen LogP contribution in [-0.2, 0) is 6.42 Å². The van der Waals surface area contributed by atoms with Gasteiger partial charge in [-0.15, -0.1) is 0 Å². The number of fused-ring (bicyclic) bond motifs is 1. The van der Waals surface area contributed by atoms with Crippen LogP contribution >= 0.6 is 11.6 Å². The third kappa shape index (κ3) is 4.67. The molecule has 6 nitrogen and oxygen atoms in total. The number of nitrogens with one attached hydrogen (secondary N) is 1. The predicted octanol–water partition coefficient (Wildman–Crippen LogP) is 3.32. The molecule has 1 fully saturated rings. The molecule has 0 radical (unpaired) electrons. The highest BCUT2D eigenvalue weighted by molar-refractivity contribution is 6.32.